The van der Waals surface area contributed by atoms with Crippen molar-refractivity contribution < 1.29 is 26.1 Å². The van der Waals surface area contributed by atoms with Crippen molar-refractivity contribution in [2.75, 3.05) is 13.3 Å². The first kappa shape index (κ1) is 19.4. The van der Waals surface area contributed by atoms with Crippen molar-refractivity contribution in [1.29, 1.82) is 0 Å². The van der Waals surface area contributed by atoms with Gasteiger partial charge in [0.15, 0.2) is 6.67 Å². The monoisotopic (exact) mass is 399 g/mol. The summed E-state index contributed by atoms with van der Waals surface area (Å²) in [6, 6.07) is 13.1. The molecule has 0 saturated carbocycles. The number of hydrogen-bond acceptors (Lipinski definition) is 3. The number of oxime groups is 1. The Kier molecular flexibility index (Phi) is 5.28. The topological polar surface area (TPSA) is 38.7 Å². The lowest BCUT2D eigenvalue weighted by molar-refractivity contribution is 0.0550. The lowest BCUT2D eigenvalue weighted by Gasteiger charge is -2.16. The smallest absolute Gasteiger partial charge is 0.297 e. The van der Waals surface area contributed by atoms with Crippen molar-refractivity contribution in [1.82, 2.24) is 0 Å². The second kappa shape index (κ2) is 7.34. The molecule has 0 spiro atoms. The quantitative estimate of drug-likeness (QED) is 0.253. The van der Waals surface area contributed by atoms with Crippen LogP contribution < -0.4 is 0 Å². The van der Waals surface area contributed by atoms with Gasteiger partial charge in [-0.05, 0) is 46.2 Å². The van der Waals surface area contributed by atoms with Crippen LogP contribution in [-0.2, 0) is 20.5 Å². The van der Waals surface area contributed by atoms with E-state index in [1.807, 2.05) is 30.3 Å². The molecule has 0 aromatic heterocycles. The summed E-state index contributed by atoms with van der Waals surface area (Å²) >= 11 is 0. The van der Waals surface area contributed by atoms with Crippen LogP contribution in [0.1, 0.15) is 23.1 Å². The molecule has 0 bridgehead atoms. The summed E-state index contributed by atoms with van der Waals surface area (Å²) in [7, 11) is -4.60. The van der Waals surface area contributed by atoms with E-state index < -0.39 is 28.4 Å². The molecule has 2 aromatic rings. The summed E-state index contributed by atoms with van der Waals surface area (Å²) in [6.45, 7) is -3.02. The van der Waals surface area contributed by atoms with Crippen LogP contribution in [0, 0.1) is 0 Å². The van der Waals surface area contributed by atoms with Crippen LogP contribution in [0.3, 0.4) is 0 Å². The fraction of sp³-hybridized carbons (Fsp3) is 0.263. The maximum Gasteiger partial charge on any atom is 0.374 e. The van der Waals surface area contributed by atoms with Crippen molar-refractivity contribution >= 4 is 21.4 Å². The molecule has 8 heteroatoms. The Morgan fingerprint density at radius 2 is 1.85 bits per heavy atom. The third-order valence-electron chi connectivity index (χ3n) is 4.34. The molecule has 3 rings (SSSR count). The van der Waals surface area contributed by atoms with Gasteiger partial charge in [0, 0.05) is 6.42 Å². The number of nitrogens with zero attached hydrogens (tertiary/aromatic N) is 1. The van der Waals surface area contributed by atoms with Crippen LogP contribution >= 0.6 is 0 Å². The molecule has 0 amide bonds. The van der Waals surface area contributed by atoms with Crippen molar-refractivity contribution in [3.63, 3.8) is 0 Å². The van der Waals surface area contributed by atoms with Gasteiger partial charge in [0.2, 0.25) is 9.80 Å². The summed E-state index contributed by atoms with van der Waals surface area (Å²) in [6.07, 6.45) is 0.442. The van der Waals surface area contributed by atoms with Crippen LogP contribution in [0.4, 0.5) is 17.6 Å². The zero-order valence-electron chi connectivity index (χ0n) is 14.3. The normalized spacial score (nSPS) is 15.8. The van der Waals surface area contributed by atoms with E-state index in [9.17, 15) is 21.8 Å². The standard InChI is InChI=1S/C19H17F4NO2S/c1-27(25,19(22,23)12-21)26-24-18(8-9-20)14-6-7-17-15(11-14)10-13-4-2-3-5-16(13)17/h2-7,11H,1,8-10,12H2/b24-18+. The Bertz CT molecular complexity index is 987. The molecule has 3 nitrogen and oxygen atoms in total. The average Bonchev–Trinajstić information content (AvgIpc) is 3.02. The number of benzene rings is 2. The van der Waals surface area contributed by atoms with Crippen molar-refractivity contribution in [3.8, 4) is 11.1 Å². The molecule has 1 aliphatic rings. The van der Waals surface area contributed by atoms with E-state index in [4.69, 9.17) is 0 Å². The highest BCUT2D eigenvalue weighted by Gasteiger charge is 2.42. The van der Waals surface area contributed by atoms with Crippen LogP contribution in [-0.4, -0.2) is 34.4 Å². The third kappa shape index (κ3) is 3.71. The van der Waals surface area contributed by atoms with Crippen molar-refractivity contribution in [2.24, 2.45) is 5.16 Å². The molecule has 0 heterocycles. The first-order chi connectivity index (χ1) is 12.8. The van der Waals surface area contributed by atoms with E-state index in [2.05, 4.69) is 15.3 Å². The molecule has 1 unspecified atom stereocenters. The van der Waals surface area contributed by atoms with Gasteiger partial charge in [-0.3, -0.25) is 8.67 Å². The molecule has 1 aliphatic carbocycles. The van der Waals surface area contributed by atoms with Gasteiger partial charge in [-0.25, -0.2) is 8.60 Å². The van der Waals surface area contributed by atoms with Crippen molar-refractivity contribution in [3.05, 3.63) is 59.2 Å². The van der Waals surface area contributed by atoms with Gasteiger partial charge in [0.05, 0.1) is 12.4 Å². The number of hydrogen-bond donors (Lipinski definition) is 0. The lowest BCUT2D eigenvalue weighted by Crippen LogP contribution is -2.31. The summed E-state index contributed by atoms with van der Waals surface area (Å²) in [5.74, 6) is 2.74. The fourth-order valence-corrected chi connectivity index (χ4v) is 3.39. The minimum atomic E-state index is -4.60. The van der Waals surface area contributed by atoms with Gasteiger partial charge in [-0.1, -0.05) is 41.6 Å². The molecule has 27 heavy (non-hydrogen) atoms. The van der Waals surface area contributed by atoms with E-state index in [1.165, 1.54) is 0 Å². The number of alkyl halides is 4. The maximum atomic E-state index is 13.3. The predicted molar refractivity (Wildman–Crippen MR) is 99.1 cm³/mol. The molecular formula is C19H17F4NO2S. The molecule has 2 aromatic carbocycles. The first-order valence-corrected chi connectivity index (χ1v) is 9.78. The SMILES string of the molecule is C=S(=O)(O/N=C(\CCF)c1ccc2c(c1)Cc1ccccc1-2)C(F)(F)CF. The van der Waals surface area contributed by atoms with Crippen LogP contribution in [0.25, 0.3) is 11.1 Å². The summed E-state index contributed by atoms with van der Waals surface area (Å²) in [5, 5.41) is -0.845. The fourth-order valence-electron chi connectivity index (χ4n) is 2.90. The number of fused-ring (bicyclic) bond motifs is 3. The Balaban J connectivity index is 1.92. The van der Waals surface area contributed by atoms with E-state index in [1.54, 1.807) is 12.1 Å². The second-order valence-corrected chi connectivity index (χ2v) is 8.12. The van der Waals surface area contributed by atoms with Gasteiger partial charge in [-0.2, -0.15) is 8.78 Å². The van der Waals surface area contributed by atoms with E-state index in [0.29, 0.717) is 12.0 Å². The largest absolute Gasteiger partial charge is 0.374 e. The van der Waals surface area contributed by atoms with Gasteiger partial charge in [0.1, 0.15) is 0 Å². The average molecular weight is 399 g/mol. The Labute approximate surface area is 154 Å². The highest BCUT2D eigenvalue weighted by atomic mass is 32.2. The molecular weight excluding hydrogens is 382 g/mol. The molecule has 0 radical (unpaired) electrons. The van der Waals surface area contributed by atoms with E-state index >= 15 is 0 Å². The zero-order chi connectivity index (χ0) is 19.7. The second-order valence-electron chi connectivity index (χ2n) is 6.14. The van der Waals surface area contributed by atoms with Gasteiger partial charge in [-0.15, -0.1) is 0 Å². The number of rotatable bonds is 7. The van der Waals surface area contributed by atoms with Crippen LogP contribution in [0.15, 0.2) is 47.6 Å². The van der Waals surface area contributed by atoms with E-state index in [0.717, 1.165) is 22.3 Å². The molecule has 0 aliphatic heterocycles. The van der Waals surface area contributed by atoms with Gasteiger partial charge >= 0.3 is 5.25 Å². The first-order valence-electron chi connectivity index (χ1n) is 8.12. The third-order valence-corrected chi connectivity index (χ3v) is 5.67. The zero-order valence-corrected chi connectivity index (χ0v) is 15.1. The molecule has 144 valence electrons. The van der Waals surface area contributed by atoms with E-state index in [-0.39, 0.29) is 12.1 Å². The highest BCUT2D eigenvalue weighted by Crippen LogP contribution is 2.37. The minimum Gasteiger partial charge on any atom is -0.297 e. The number of halogens is 4. The van der Waals surface area contributed by atoms with Crippen molar-refractivity contribution in [2.45, 2.75) is 18.1 Å². The van der Waals surface area contributed by atoms with Crippen LogP contribution in [0.5, 0.6) is 0 Å². The molecule has 1 atom stereocenters. The van der Waals surface area contributed by atoms with Crippen LogP contribution in [0.2, 0.25) is 0 Å². The molecule has 0 N–H and O–H groups in total. The highest BCUT2D eigenvalue weighted by molar-refractivity contribution is 7.96. The summed E-state index contributed by atoms with van der Waals surface area (Å²) in [4.78, 5) is 0. The summed E-state index contributed by atoms with van der Waals surface area (Å²) in [5.41, 5.74) is 4.71. The molecule has 0 saturated heterocycles. The Morgan fingerprint density at radius 1 is 1.15 bits per heavy atom. The minimum absolute atomic E-state index is 0.00212. The molecule has 0 fully saturated rings. The Morgan fingerprint density at radius 3 is 2.56 bits per heavy atom. The maximum absolute atomic E-state index is 13.3. The lowest BCUT2D eigenvalue weighted by atomic mass is 10.0. The summed E-state index contributed by atoms with van der Waals surface area (Å²) < 4.78 is 68.1. The van der Waals surface area contributed by atoms with Gasteiger partial charge < -0.3 is 0 Å². The Hall–Kier alpha value is -2.35. The van der Waals surface area contributed by atoms with Gasteiger partial charge in [0.25, 0.3) is 0 Å². The predicted octanol–water partition coefficient (Wildman–Crippen LogP) is 4.53.